The molecule has 0 radical (unpaired) electrons. The first kappa shape index (κ1) is 27.3. The summed E-state index contributed by atoms with van der Waals surface area (Å²) in [5.41, 5.74) is 2.73. The molecule has 2 nitrogen and oxygen atoms in total. The van der Waals surface area contributed by atoms with Crippen molar-refractivity contribution >= 4 is 0 Å². The zero-order valence-corrected chi connectivity index (χ0v) is 20.6. The van der Waals surface area contributed by atoms with Crippen molar-refractivity contribution in [2.45, 2.75) is 59.4 Å². The first-order chi connectivity index (χ1) is 16.8. The standard InChI is InChI=1S/C28H28F6N2/c1-18(2)6-5-7-19(3)16-17-36-20(4)35-25(21-8-12-23(13-9-21)27(29,30)31)26(36)22-10-14-24(15-11-22)28(32,33)34/h6,8-16H,5,7,17H2,1-4H3/b19-16+. The van der Waals surface area contributed by atoms with Gasteiger partial charge in [-0.1, -0.05) is 47.6 Å². The number of aromatic nitrogens is 2. The van der Waals surface area contributed by atoms with Crippen molar-refractivity contribution in [1.29, 1.82) is 0 Å². The van der Waals surface area contributed by atoms with E-state index in [2.05, 4.69) is 11.1 Å². The molecule has 3 rings (SSSR count). The number of imidazole rings is 1. The fraction of sp³-hybridized carbons (Fsp3) is 0.321. The van der Waals surface area contributed by atoms with Gasteiger partial charge in [0.05, 0.1) is 22.5 Å². The topological polar surface area (TPSA) is 17.8 Å². The quantitative estimate of drug-likeness (QED) is 0.231. The highest BCUT2D eigenvalue weighted by molar-refractivity contribution is 5.79. The van der Waals surface area contributed by atoms with Crippen LogP contribution in [0.3, 0.4) is 0 Å². The molecule has 0 fully saturated rings. The molecule has 8 heteroatoms. The van der Waals surface area contributed by atoms with Crippen molar-refractivity contribution in [2.75, 3.05) is 0 Å². The average molecular weight is 507 g/mol. The highest BCUT2D eigenvalue weighted by Gasteiger charge is 2.31. The molecule has 0 aliphatic heterocycles. The number of aryl methyl sites for hydroxylation is 1. The summed E-state index contributed by atoms with van der Waals surface area (Å²) in [6.07, 6.45) is -3.00. The summed E-state index contributed by atoms with van der Waals surface area (Å²) >= 11 is 0. The smallest absolute Gasteiger partial charge is 0.324 e. The van der Waals surface area contributed by atoms with Gasteiger partial charge in [-0.25, -0.2) is 4.98 Å². The van der Waals surface area contributed by atoms with E-state index >= 15 is 0 Å². The van der Waals surface area contributed by atoms with E-state index in [-0.39, 0.29) is 0 Å². The monoisotopic (exact) mass is 506 g/mol. The van der Waals surface area contributed by atoms with Crippen LogP contribution in [0.5, 0.6) is 0 Å². The van der Waals surface area contributed by atoms with Crippen molar-refractivity contribution in [2.24, 2.45) is 0 Å². The molecule has 0 amide bonds. The Balaban J connectivity index is 2.06. The van der Waals surface area contributed by atoms with Gasteiger partial charge >= 0.3 is 12.4 Å². The van der Waals surface area contributed by atoms with Gasteiger partial charge in [-0.15, -0.1) is 0 Å². The Morgan fingerprint density at radius 2 is 1.28 bits per heavy atom. The highest BCUT2D eigenvalue weighted by Crippen LogP contribution is 2.37. The van der Waals surface area contributed by atoms with Crippen LogP contribution in [0.25, 0.3) is 22.5 Å². The van der Waals surface area contributed by atoms with E-state index in [1.54, 1.807) is 6.92 Å². The van der Waals surface area contributed by atoms with Crippen LogP contribution < -0.4 is 0 Å². The van der Waals surface area contributed by atoms with E-state index < -0.39 is 23.5 Å². The highest BCUT2D eigenvalue weighted by atomic mass is 19.4. The molecule has 192 valence electrons. The first-order valence-corrected chi connectivity index (χ1v) is 11.5. The zero-order valence-electron chi connectivity index (χ0n) is 20.6. The van der Waals surface area contributed by atoms with E-state index in [0.29, 0.717) is 34.9 Å². The molecule has 0 saturated heterocycles. The minimum Gasteiger partial charge on any atom is -0.324 e. The molecule has 3 aromatic rings. The van der Waals surface area contributed by atoms with Crippen LogP contribution in [0, 0.1) is 6.92 Å². The molecule has 0 spiro atoms. The molecule has 2 aromatic carbocycles. The number of halogens is 6. The normalized spacial score (nSPS) is 12.7. The lowest BCUT2D eigenvalue weighted by Gasteiger charge is -2.13. The molecule has 0 aliphatic carbocycles. The predicted molar refractivity (Wildman–Crippen MR) is 130 cm³/mol. The van der Waals surface area contributed by atoms with E-state index in [9.17, 15) is 26.3 Å². The molecule has 0 N–H and O–H groups in total. The molecule has 1 aromatic heterocycles. The molecule has 0 bridgehead atoms. The van der Waals surface area contributed by atoms with E-state index in [4.69, 9.17) is 0 Å². The Labute approximate surface area is 207 Å². The molecule has 36 heavy (non-hydrogen) atoms. The third-order valence-electron chi connectivity index (χ3n) is 5.84. The van der Waals surface area contributed by atoms with Crippen LogP contribution in [0.2, 0.25) is 0 Å². The molecule has 0 atom stereocenters. The second-order valence-electron chi connectivity index (χ2n) is 8.99. The summed E-state index contributed by atoms with van der Waals surface area (Å²) in [4.78, 5) is 4.60. The number of allylic oxidation sites excluding steroid dienone is 4. The average Bonchev–Trinajstić information content (AvgIpc) is 3.12. The minimum atomic E-state index is -4.48. The van der Waals surface area contributed by atoms with Gasteiger partial charge in [0.15, 0.2) is 0 Å². The summed E-state index contributed by atoms with van der Waals surface area (Å²) in [6.45, 7) is 8.28. The summed E-state index contributed by atoms with van der Waals surface area (Å²) in [5.74, 6) is 0.605. The molecular weight excluding hydrogens is 478 g/mol. The maximum atomic E-state index is 13.1. The molecule has 0 saturated carbocycles. The van der Waals surface area contributed by atoms with Gasteiger partial charge in [0.1, 0.15) is 5.82 Å². The van der Waals surface area contributed by atoms with Crippen LogP contribution in [0.1, 0.15) is 50.6 Å². The van der Waals surface area contributed by atoms with Gasteiger partial charge in [0.25, 0.3) is 0 Å². The van der Waals surface area contributed by atoms with Gasteiger partial charge in [0.2, 0.25) is 0 Å². The van der Waals surface area contributed by atoms with Gasteiger partial charge in [0, 0.05) is 17.7 Å². The summed E-state index contributed by atoms with van der Waals surface area (Å²) in [6, 6.07) is 9.37. The molecule has 0 aliphatic rings. The second kappa shape index (κ2) is 10.8. The SMILES string of the molecule is CC(C)=CCC/C(C)=C/Cn1c(C)nc(-c2ccc(C(F)(F)F)cc2)c1-c1ccc(C(F)(F)F)cc1. The number of hydrogen-bond acceptors (Lipinski definition) is 1. The number of benzene rings is 2. The lowest BCUT2D eigenvalue weighted by atomic mass is 10.0. The van der Waals surface area contributed by atoms with Gasteiger partial charge in [-0.05, 0) is 64.8 Å². The van der Waals surface area contributed by atoms with Gasteiger partial charge < -0.3 is 4.57 Å². The number of hydrogen-bond donors (Lipinski definition) is 0. The lowest BCUT2D eigenvalue weighted by Crippen LogP contribution is -2.05. The molecular formula is C28H28F6N2. The Bertz CT molecular complexity index is 1240. The number of alkyl halides is 6. The van der Waals surface area contributed by atoms with Crippen LogP contribution >= 0.6 is 0 Å². The lowest BCUT2D eigenvalue weighted by molar-refractivity contribution is -0.138. The third kappa shape index (κ3) is 6.68. The molecule has 1 heterocycles. The number of nitrogens with zero attached hydrogens (tertiary/aromatic N) is 2. The van der Waals surface area contributed by atoms with Crippen molar-refractivity contribution in [3.05, 3.63) is 88.8 Å². The summed E-state index contributed by atoms with van der Waals surface area (Å²) < 4.78 is 80.4. The maximum absolute atomic E-state index is 13.1. The number of rotatable bonds is 7. The second-order valence-corrected chi connectivity index (χ2v) is 8.99. The van der Waals surface area contributed by atoms with Crippen molar-refractivity contribution in [3.8, 4) is 22.5 Å². The maximum Gasteiger partial charge on any atom is 0.416 e. The van der Waals surface area contributed by atoms with Crippen molar-refractivity contribution < 1.29 is 26.3 Å². The van der Waals surface area contributed by atoms with E-state index in [0.717, 1.165) is 42.7 Å². The summed E-state index contributed by atoms with van der Waals surface area (Å²) in [5, 5.41) is 0. The minimum absolute atomic E-state index is 0.413. The zero-order chi connectivity index (χ0) is 26.7. The largest absolute Gasteiger partial charge is 0.416 e. The van der Waals surface area contributed by atoms with Crippen LogP contribution in [-0.4, -0.2) is 9.55 Å². The van der Waals surface area contributed by atoms with Crippen LogP contribution in [0.4, 0.5) is 26.3 Å². The Morgan fingerprint density at radius 3 is 1.75 bits per heavy atom. The van der Waals surface area contributed by atoms with Crippen LogP contribution in [-0.2, 0) is 18.9 Å². The first-order valence-electron chi connectivity index (χ1n) is 11.5. The molecule has 0 unspecified atom stereocenters. The van der Waals surface area contributed by atoms with E-state index in [1.165, 1.54) is 29.8 Å². The van der Waals surface area contributed by atoms with Crippen molar-refractivity contribution in [1.82, 2.24) is 9.55 Å². The fourth-order valence-corrected chi connectivity index (χ4v) is 3.85. The Hall–Kier alpha value is -3.29. The summed E-state index contributed by atoms with van der Waals surface area (Å²) in [7, 11) is 0. The fourth-order valence-electron chi connectivity index (χ4n) is 3.85. The Morgan fingerprint density at radius 1 is 0.778 bits per heavy atom. The van der Waals surface area contributed by atoms with Gasteiger partial charge in [-0.3, -0.25) is 0 Å². The van der Waals surface area contributed by atoms with E-state index in [1.807, 2.05) is 31.4 Å². The van der Waals surface area contributed by atoms with Crippen molar-refractivity contribution in [3.63, 3.8) is 0 Å². The Kier molecular flexibility index (Phi) is 8.16. The predicted octanol–water partition coefficient (Wildman–Crippen LogP) is 9.26. The van der Waals surface area contributed by atoms with Gasteiger partial charge in [-0.2, -0.15) is 26.3 Å². The third-order valence-corrected chi connectivity index (χ3v) is 5.84. The van der Waals surface area contributed by atoms with Crippen LogP contribution in [0.15, 0.2) is 71.8 Å².